The van der Waals surface area contributed by atoms with E-state index in [1.165, 1.54) is 24.1 Å². The Kier molecular flexibility index (Phi) is 4.39. The number of rotatable bonds is 2. The minimum absolute atomic E-state index is 0.216. The van der Waals surface area contributed by atoms with E-state index in [0.717, 1.165) is 37.1 Å². The van der Waals surface area contributed by atoms with Crippen LogP contribution < -0.4 is 0 Å². The molecular weight excluding hydrogens is 263 g/mol. The van der Waals surface area contributed by atoms with Gasteiger partial charge in [0.1, 0.15) is 5.82 Å². The number of aromatic nitrogens is 1. The largest absolute Gasteiger partial charge is 0.298 e. The molecule has 0 radical (unpaired) electrons. The van der Waals surface area contributed by atoms with Gasteiger partial charge < -0.3 is 0 Å². The molecule has 0 fully saturated rings. The maximum Gasteiger partial charge on any atom is 0.123 e. The number of hydrogen-bond donors (Lipinski definition) is 0. The molecule has 1 aliphatic heterocycles. The Bertz CT molecular complexity index is 602. The molecule has 21 heavy (non-hydrogen) atoms. The van der Waals surface area contributed by atoms with Gasteiger partial charge in [0.2, 0.25) is 0 Å². The number of pyridine rings is 1. The Balaban J connectivity index is 1.76. The van der Waals surface area contributed by atoms with Gasteiger partial charge in [0.05, 0.1) is 5.69 Å². The van der Waals surface area contributed by atoms with Crippen LogP contribution in [-0.4, -0.2) is 17.7 Å². The fourth-order valence-corrected chi connectivity index (χ4v) is 2.80. The first-order valence-corrected chi connectivity index (χ1v) is 7.53. The first-order chi connectivity index (χ1) is 10.3. The highest BCUT2D eigenvalue weighted by Gasteiger charge is 2.13. The summed E-state index contributed by atoms with van der Waals surface area (Å²) < 4.78 is 12.9. The molecule has 1 unspecified atom stereocenters. The van der Waals surface area contributed by atoms with Gasteiger partial charge in [0, 0.05) is 18.3 Å². The molecule has 3 heteroatoms. The van der Waals surface area contributed by atoms with Crippen molar-refractivity contribution in [2.75, 3.05) is 6.54 Å². The van der Waals surface area contributed by atoms with Crippen LogP contribution in [0.4, 0.5) is 4.39 Å². The molecule has 0 saturated carbocycles. The molecule has 2 heterocycles. The highest BCUT2D eigenvalue weighted by molar-refractivity contribution is 5.59. The van der Waals surface area contributed by atoms with Crippen molar-refractivity contribution in [1.82, 2.24) is 4.98 Å². The summed E-state index contributed by atoms with van der Waals surface area (Å²) in [6.07, 6.45) is 8.52. The van der Waals surface area contributed by atoms with Crippen molar-refractivity contribution in [3.63, 3.8) is 0 Å². The molecular formula is C18H19FN2. The molecule has 0 saturated heterocycles. The Hall–Kier alpha value is -2.03. The van der Waals surface area contributed by atoms with Gasteiger partial charge >= 0.3 is 0 Å². The normalized spacial score (nSPS) is 19.0. The molecule has 2 nitrogen and oxygen atoms in total. The zero-order valence-electron chi connectivity index (χ0n) is 12.0. The topological polar surface area (TPSA) is 25.2 Å². The van der Waals surface area contributed by atoms with Crippen molar-refractivity contribution >= 4 is 6.21 Å². The Morgan fingerprint density at radius 1 is 1.00 bits per heavy atom. The molecule has 0 N–H and O–H groups in total. The minimum Gasteiger partial charge on any atom is -0.298 e. The number of benzene rings is 1. The fraction of sp³-hybridized carbons (Fsp3) is 0.333. The van der Waals surface area contributed by atoms with Crippen LogP contribution in [0, 0.1) is 5.82 Å². The molecule has 1 aromatic heterocycles. The molecule has 0 amide bonds. The van der Waals surface area contributed by atoms with E-state index in [2.05, 4.69) is 16.0 Å². The van der Waals surface area contributed by atoms with Gasteiger partial charge in [-0.3, -0.25) is 9.98 Å². The summed E-state index contributed by atoms with van der Waals surface area (Å²) in [5, 5.41) is 0. The SMILES string of the molecule is Fc1ccc(-c2ccc(C3CCC=NCCC3)cn2)cc1. The lowest BCUT2D eigenvalue weighted by Gasteiger charge is -2.17. The smallest absolute Gasteiger partial charge is 0.123 e. The van der Waals surface area contributed by atoms with Crippen molar-refractivity contribution in [3.05, 3.63) is 54.0 Å². The highest BCUT2D eigenvalue weighted by atomic mass is 19.1. The second-order valence-electron chi connectivity index (χ2n) is 5.49. The van der Waals surface area contributed by atoms with Crippen molar-refractivity contribution in [2.24, 2.45) is 4.99 Å². The Labute approximate surface area is 124 Å². The van der Waals surface area contributed by atoms with Gasteiger partial charge in [-0.25, -0.2) is 4.39 Å². The highest BCUT2D eigenvalue weighted by Crippen LogP contribution is 2.28. The van der Waals surface area contributed by atoms with E-state index in [9.17, 15) is 4.39 Å². The Morgan fingerprint density at radius 3 is 2.62 bits per heavy atom. The zero-order valence-corrected chi connectivity index (χ0v) is 12.0. The molecule has 1 aromatic carbocycles. The summed E-state index contributed by atoms with van der Waals surface area (Å²) in [5.41, 5.74) is 3.15. The molecule has 3 rings (SSSR count). The maximum absolute atomic E-state index is 12.9. The summed E-state index contributed by atoms with van der Waals surface area (Å²) in [6, 6.07) is 10.7. The van der Waals surface area contributed by atoms with Crippen molar-refractivity contribution in [1.29, 1.82) is 0 Å². The molecule has 1 atom stereocenters. The van der Waals surface area contributed by atoms with E-state index in [0.29, 0.717) is 5.92 Å². The van der Waals surface area contributed by atoms with Crippen LogP contribution in [0.5, 0.6) is 0 Å². The van der Waals surface area contributed by atoms with Crippen LogP contribution in [0.2, 0.25) is 0 Å². The number of aliphatic imine (C=N–C) groups is 1. The molecule has 108 valence electrons. The summed E-state index contributed by atoms with van der Waals surface area (Å²) in [7, 11) is 0. The van der Waals surface area contributed by atoms with Crippen LogP contribution in [-0.2, 0) is 0 Å². The summed E-state index contributed by atoms with van der Waals surface area (Å²) >= 11 is 0. The maximum atomic E-state index is 12.9. The number of hydrogen-bond acceptors (Lipinski definition) is 2. The molecule has 0 aliphatic carbocycles. The number of halogens is 1. The van der Waals surface area contributed by atoms with Crippen LogP contribution in [0.15, 0.2) is 47.6 Å². The van der Waals surface area contributed by atoms with Gasteiger partial charge in [-0.1, -0.05) is 6.07 Å². The van der Waals surface area contributed by atoms with E-state index in [-0.39, 0.29) is 5.82 Å². The lowest BCUT2D eigenvalue weighted by molar-refractivity contribution is 0.559. The average molecular weight is 282 g/mol. The molecule has 0 bridgehead atoms. The number of nitrogens with zero attached hydrogens (tertiary/aromatic N) is 2. The predicted octanol–water partition coefficient (Wildman–Crippen LogP) is 4.62. The molecule has 1 aliphatic rings. The van der Waals surface area contributed by atoms with E-state index < -0.39 is 0 Å². The van der Waals surface area contributed by atoms with Gasteiger partial charge in [-0.15, -0.1) is 0 Å². The minimum atomic E-state index is -0.216. The summed E-state index contributed by atoms with van der Waals surface area (Å²) in [4.78, 5) is 8.90. The van der Waals surface area contributed by atoms with Gasteiger partial charge in [-0.2, -0.15) is 0 Å². The third kappa shape index (κ3) is 3.54. The fourth-order valence-electron chi connectivity index (χ4n) is 2.80. The van der Waals surface area contributed by atoms with Crippen molar-refractivity contribution in [3.8, 4) is 11.3 Å². The first kappa shape index (κ1) is 13.9. The van der Waals surface area contributed by atoms with E-state index in [4.69, 9.17) is 0 Å². The second-order valence-corrected chi connectivity index (χ2v) is 5.49. The monoisotopic (exact) mass is 282 g/mol. The first-order valence-electron chi connectivity index (χ1n) is 7.53. The Morgan fingerprint density at radius 2 is 1.86 bits per heavy atom. The van der Waals surface area contributed by atoms with Crippen LogP contribution in [0.3, 0.4) is 0 Å². The zero-order chi connectivity index (χ0) is 14.5. The summed E-state index contributed by atoms with van der Waals surface area (Å²) in [5.74, 6) is 0.359. The third-order valence-corrected chi connectivity index (χ3v) is 4.01. The summed E-state index contributed by atoms with van der Waals surface area (Å²) in [6.45, 7) is 0.942. The van der Waals surface area contributed by atoms with Crippen LogP contribution in [0.25, 0.3) is 11.3 Å². The van der Waals surface area contributed by atoms with Gasteiger partial charge in [0.25, 0.3) is 0 Å². The van der Waals surface area contributed by atoms with E-state index >= 15 is 0 Å². The van der Waals surface area contributed by atoms with Gasteiger partial charge in [0.15, 0.2) is 0 Å². The van der Waals surface area contributed by atoms with E-state index in [1.54, 1.807) is 12.1 Å². The molecule has 0 spiro atoms. The standard InChI is InChI=1S/C18H19FN2/c19-17-8-5-15(6-9-17)18-10-7-16(13-21-18)14-3-1-11-20-12-2-4-14/h5-11,13-14H,1-4,12H2. The van der Waals surface area contributed by atoms with E-state index in [1.807, 2.05) is 18.5 Å². The van der Waals surface area contributed by atoms with Gasteiger partial charge in [-0.05, 0) is 73.7 Å². The second kappa shape index (κ2) is 6.61. The van der Waals surface area contributed by atoms with Crippen molar-refractivity contribution in [2.45, 2.75) is 31.6 Å². The molecule has 2 aromatic rings. The average Bonchev–Trinajstić information content (AvgIpc) is 2.48. The third-order valence-electron chi connectivity index (χ3n) is 4.01. The lowest BCUT2D eigenvalue weighted by Crippen LogP contribution is -2.04. The van der Waals surface area contributed by atoms with Crippen LogP contribution in [0.1, 0.15) is 37.2 Å². The quantitative estimate of drug-likeness (QED) is 0.789. The lowest BCUT2D eigenvalue weighted by atomic mass is 9.90. The van der Waals surface area contributed by atoms with Crippen LogP contribution >= 0.6 is 0 Å². The van der Waals surface area contributed by atoms with Crippen molar-refractivity contribution < 1.29 is 4.39 Å². The predicted molar refractivity (Wildman–Crippen MR) is 84.2 cm³/mol.